The van der Waals surface area contributed by atoms with Gasteiger partial charge in [0.2, 0.25) is 0 Å². The lowest BCUT2D eigenvalue weighted by Crippen LogP contribution is -2.34. The average Bonchev–Trinajstić information content (AvgIpc) is 2.63. The number of carbonyl (C=O) groups is 1. The Balaban J connectivity index is 2.67. The smallest absolute Gasteiger partial charge is 0.416 e. The number of ether oxygens (including phenoxy) is 2. The lowest BCUT2D eigenvalue weighted by molar-refractivity contribution is -0.137. The Morgan fingerprint density at radius 1 is 1.14 bits per heavy atom. The molecule has 0 atom stereocenters. The van der Waals surface area contributed by atoms with E-state index in [1.54, 1.807) is 20.8 Å². The van der Waals surface area contributed by atoms with Crippen molar-refractivity contribution in [3.63, 3.8) is 0 Å². The topological polar surface area (TPSA) is 69.2 Å². The first-order chi connectivity index (χ1) is 14.7. The SMILES string of the molecule is [2H]C([2H])([2H])OCCCC/C(=N/OCCNC(=O)OC(C)(C)C)c1ccc(C(F)(F)F)cc1. The molecule has 1 N–H and O–H groups in total. The van der Waals surface area contributed by atoms with Gasteiger partial charge in [0.25, 0.3) is 0 Å². The Morgan fingerprint density at radius 2 is 1.83 bits per heavy atom. The van der Waals surface area contributed by atoms with Crippen LogP contribution in [0.15, 0.2) is 29.4 Å². The Hall–Kier alpha value is -2.29. The summed E-state index contributed by atoms with van der Waals surface area (Å²) >= 11 is 0. The number of unbranched alkanes of at least 4 members (excludes halogenated alkanes) is 1. The van der Waals surface area contributed by atoms with Crippen LogP contribution in [0.2, 0.25) is 0 Å². The number of oxime groups is 1. The summed E-state index contributed by atoms with van der Waals surface area (Å²) in [5, 5.41) is 6.50. The molecule has 0 aliphatic heterocycles. The molecule has 164 valence electrons. The molecule has 0 radical (unpaired) electrons. The molecule has 1 aromatic rings. The van der Waals surface area contributed by atoms with E-state index >= 15 is 0 Å². The number of carbonyl (C=O) groups excluding carboxylic acids is 1. The number of halogens is 3. The van der Waals surface area contributed by atoms with Crippen molar-refractivity contribution in [3.05, 3.63) is 35.4 Å². The van der Waals surface area contributed by atoms with Gasteiger partial charge >= 0.3 is 12.3 Å². The van der Waals surface area contributed by atoms with E-state index in [1.807, 2.05) is 0 Å². The molecule has 0 aromatic heterocycles. The minimum absolute atomic E-state index is 0.0114. The van der Waals surface area contributed by atoms with E-state index < -0.39 is 30.5 Å². The van der Waals surface area contributed by atoms with Crippen molar-refractivity contribution >= 4 is 11.8 Å². The predicted octanol–water partition coefficient (Wildman–Crippen LogP) is 4.77. The van der Waals surface area contributed by atoms with Crippen LogP contribution < -0.4 is 5.32 Å². The molecular weight excluding hydrogens is 389 g/mol. The highest BCUT2D eigenvalue weighted by Crippen LogP contribution is 2.29. The number of methoxy groups -OCH3 is 1. The fourth-order valence-corrected chi connectivity index (χ4v) is 2.20. The van der Waals surface area contributed by atoms with Gasteiger partial charge in [-0.3, -0.25) is 0 Å². The molecule has 0 heterocycles. The van der Waals surface area contributed by atoms with Crippen molar-refractivity contribution in [2.24, 2.45) is 5.16 Å². The summed E-state index contributed by atoms with van der Waals surface area (Å²) in [6.07, 6.45) is -3.84. The minimum Gasteiger partial charge on any atom is -0.444 e. The quantitative estimate of drug-likeness (QED) is 0.336. The second kappa shape index (κ2) is 11.6. The third-order valence-electron chi connectivity index (χ3n) is 3.49. The fraction of sp³-hybridized carbons (Fsp3) is 0.600. The molecule has 0 unspecified atom stereocenters. The van der Waals surface area contributed by atoms with E-state index in [2.05, 4.69) is 10.5 Å². The van der Waals surface area contributed by atoms with Crippen LogP contribution in [0, 0.1) is 0 Å². The Kier molecular flexibility index (Phi) is 8.03. The van der Waals surface area contributed by atoms with Crippen LogP contribution in [0.3, 0.4) is 0 Å². The Bertz CT molecular complexity index is 746. The summed E-state index contributed by atoms with van der Waals surface area (Å²) in [5.41, 5.74) is -0.587. The minimum atomic E-state index is -4.45. The van der Waals surface area contributed by atoms with Crippen molar-refractivity contribution in [3.8, 4) is 0 Å². The van der Waals surface area contributed by atoms with Gasteiger partial charge in [-0.25, -0.2) is 4.79 Å². The molecule has 0 fully saturated rings. The van der Waals surface area contributed by atoms with Crippen LogP contribution in [0.1, 0.15) is 55.3 Å². The van der Waals surface area contributed by atoms with E-state index in [-0.39, 0.29) is 19.8 Å². The number of nitrogens with zero attached hydrogens (tertiary/aromatic N) is 1. The van der Waals surface area contributed by atoms with Gasteiger partial charge in [-0.1, -0.05) is 17.3 Å². The first kappa shape index (κ1) is 20.0. The van der Waals surface area contributed by atoms with E-state index in [1.165, 1.54) is 12.1 Å². The van der Waals surface area contributed by atoms with Gasteiger partial charge in [-0.15, -0.1) is 0 Å². The molecule has 0 bridgehead atoms. The second-order valence-electron chi connectivity index (χ2n) is 7.18. The molecule has 29 heavy (non-hydrogen) atoms. The van der Waals surface area contributed by atoms with Crippen molar-refractivity contribution in [1.29, 1.82) is 0 Å². The van der Waals surface area contributed by atoms with Crippen molar-refractivity contribution < 1.29 is 36.4 Å². The van der Waals surface area contributed by atoms with Crippen LogP contribution in [0.25, 0.3) is 0 Å². The second-order valence-corrected chi connectivity index (χ2v) is 7.18. The van der Waals surface area contributed by atoms with Gasteiger partial charge < -0.3 is 19.6 Å². The highest BCUT2D eigenvalue weighted by Gasteiger charge is 2.30. The molecule has 0 saturated heterocycles. The Morgan fingerprint density at radius 3 is 2.41 bits per heavy atom. The third kappa shape index (κ3) is 10.7. The lowest BCUT2D eigenvalue weighted by atomic mass is 10.0. The zero-order valence-electron chi connectivity index (χ0n) is 19.8. The van der Waals surface area contributed by atoms with Crippen LogP contribution in [0.5, 0.6) is 0 Å². The molecule has 0 spiro atoms. The molecule has 0 aliphatic rings. The van der Waals surface area contributed by atoms with Gasteiger partial charge in [0, 0.05) is 13.6 Å². The van der Waals surface area contributed by atoms with Crippen molar-refractivity contribution in [1.82, 2.24) is 5.32 Å². The zero-order valence-corrected chi connectivity index (χ0v) is 16.8. The fourth-order valence-electron chi connectivity index (χ4n) is 2.20. The highest BCUT2D eigenvalue weighted by atomic mass is 19.4. The van der Waals surface area contributed by atoms with Gasteiger partial charge in [-0.05, 0) is 57.7 Å². The maximum Gasteiger partial charge on any atom is 0.416 e. The van der Waals surface area contributed by atoms with E-state index in [0.29, 0.717) is 30.5 Å². The molecular formula is C20H29F3N2O4. The lowest BCUT2D eigenvalue weighted by Gasteiger charge is -2.19. The van der Waals surface area contributed by atoms with Gasteiger partial charge in [-0.2, -0.15) is 13.2 Å². The number of alkyl carbamates (subject to hydrolysis) is 1. The van der Waals surface area contributed by atoms with Gasteiger partial charge in [0.15, 0.2) is 0 Å². The highest BCUT2D eigenvalue weighted by molar-refractivity contribution is 6.00. The average molecular weight is 421 g/mol. The predicted molar refractivity (Wildman–Crippen MR) is 104 cm³/mol. The summed E-state index contributed by atoms with van der Waals surface area (Å²) < 4.78 is 69.2. The summed E-state index contributed by atoms with van der Waals surface area (Å²) in [7, 11) is -2.48. The van der Waals surface area contributed by atoms with Crippen LogP contribution in [0.4, 0.5) is 18.0 Å². The van der Waals surface area contributed by atoms with Gasteiger partial charge in [0.1, 0.15) is 12.2 Å². The van der Waals surface area contributed by atoms with E-state index in [4.69, 9.17) is 18.4 Å². The maximum absolute atomic E-state index is 12.8. The first-order valence-corrected chi connectivity index (χ1v) is 9.15. The standard InChI is InChI=1S/C20H29F3N2O4/c1-19(2,3)29-18(26)24-12-14-28-25-17(7-5-6-13-27-4)15-8-10-16(11-9-15)20(21,22)23/h8-11H,5-7,12-14H2,1-4H3,(H,24,26)/b25-17-/i4D3. The Labute approximate surface area is 173 Å². The molecule has 6 nitrogen and oxygen atoms in total. The summed E-state index contributed by atoms with van der Waals surface area (Å²) in [4.78, 5) is 16.8. The monoisotopic (exact) mass is 421 g/mol. The molecule has 1 aromatic carbocycles. The largest absolute Gasteiger partial charge is 0.444 e. The molecule has 1 rings (SSSR count). The number of hydrogen-bond donors (Lipinski definition) is 1. The molecule has 0 aliphatic carbocycles. The van der Waals surface area contributed by atoms with Crippen LogP contribution in [-0.4, -0.2) is 44.2 Å². The van der Waals surface area contributed by atoms with Gasteiger partial charge in [0.05, 0.1) is 21.9 Å². The normalized spacial score (nSPS) is 14.6. The van der Waals surface area contributed by atoms with Crippen molar-refractivity contribution in [2.75, 3.05) is 26.8 Å². The number of amides is 1. The third-order valence-corrected chi connectivity index (χ3v) is 3.49. The zero-order chi connectivity index (χ0) is 24.4. The summed E-state index contributed by atoms with van der Waals surface area (Å²) in [6, 6.07) is 4.49. The first-order valence-electron chi connectivity index (χ1n) is 10.6. The number of benzene rings is 1. The van der Waals surface area contributed by atoms with Crippen LogP contribution >= 0.6 is 0 Å². The number of hydrogen-bond acceptors (Lipinski definition) is 5. The van der Waals surface area contributed by atoms with E-state index in [0.717, 1.165) is 12.1 Å². The van der Waals surface area contributed by atoms with E-state index in [9.17, 15) is 18.0 Å². The van der Waals surface area contributed by atoms with Crippen LogP contribution in [-0.2, 0) is 20.5 Å². The summed E-state index contributed by atoms with van der Waals surface area (Å²) in [6.45, 7) is 5.33. The molecule has 1 amide bonds. The van der Waals surface area contributed by atoms with Crippen molar-refractivity contribution in [2.45, 2.75) is 51.8 Å². The maximum atomic E-state index is 12.8. The molecule has 9 heteroatoms. The number of alkyl halides is 3. The number of nitrogens with one attached hydrogen (secondary N) is 1. The molecule has 0 saturated carbocycles. The number of rotatable bonds is 10. The summed E-state index contributed by atoms with van der Waals surface area (Å²) in [5.74, 6) is 0.